The third-order valence-corrected chi connectivity index (χ3v) is 3.87. The Balaban J connectivity index is 2.38. The number of hydrogen-bond acceptors (Lipinski definition) is 4. The number of aliphatic hydroxyl groups is 1. The van der Waals surface area contributed by atoms with E-state index in [1.807, 2.05) is 19.2 Å². The van der Waals surface area contributed by atoms with Gasteiger partial charge < -0.3 is 20.1 Å². The summed E-state index contributed by atoms with van der Waals surface area (Å²) >= 11 is 0. The summed E-state index contributed by atoms with van der Waals surface area (Å²) in [6.45, 7) is 3.83. The first-order chi connectivity index (χ1) is 9.17. The van der Waals surface area contributed by atoms with Crippen LogP contribution in [0.4, 0.5) is 5.69 Å². The van der Waals surface area contributed by atoms with Gasteiger partial charge in [0, 0.05) is 30.4 Å². The van der Waals surface area contributed by atoms with Crippen LogP contribution in [-0.4, -0.2) is 38.5 Å². The van der Waals surface area contributed by atoms with Gasteiger partial charge in [0.25, 0.3) is 0 Å². The largest absolute Gasteiger partial charge is 0.496 e. The fourth-order valence-corrected chi connectivity index (χ4v) is 2.74. The van der Waals surface area contributed by atoms with Crippen molar-refractivity contribution in [3.05, 3.63) is 23.8 Å². The number of nitrogens with one attached hydrogen (secondary N) is 1. The van der Waals surface area contributed by atoms with Crippen LogP contribution < -0.4 is 15.0 Å². The Morgan fingerprint density at radius 1 is 1.47 bits per heavy atom. The summed E-state index contributed by atoms with van der Waals surface area (Å²) in [5, 5.41) is 13.1. The van der Waals surface area contributed by atoms with Gasteiger partial charge in [-0.25, -0.2) is 0 Å². The molecule has 2 rings (SSSR count). The minimum atomic E-state index is -0.224. The highest BCUT2D eigenvalue weighted by Gasteiger charge is 2.23. The van der Waals surface area contributed by atoms with Gasteiger partial charge in [0.05, 0.1) is 13.2 Å². The summed E-state index contributed by atoms with van der Waals surface area (Å²) in [5.74, 6) is 0.902. The Hall–Kier alpha value is -1.26. The minimum Gasteiger partial charge on any atom is -0.496 e. The van der Waals surface area contributed by atoms with Crippen molar-refractivity contribution in [3.8, 4) is 5.75 Å². The van der Waals surface area contributed by atoms with Gasteiger partial charge >= 0.3 is 0 Å². The van der Waals surface area contributed by atoms with Crippen LogP contribution in [0.3, 0.4) is 0 Å². The van der Waals surface area contributed by atoms with Gasteiger partial charge in [-0.2, -0.15) is 0 Å². The van der Waals surface area contributed by atoms with E-state index < -0.39 is 0 Å². The molecule has 0 saturated carbocycles. The van der Waals surface area contributed by atoms with Crippen molar-refractivity contribution in [1.29, 1.82) is 0 Å². The summed E-state index contributed by atoms with van der Waals surface area (Å²) in [6, 6.07) is 6.34. The molecule has 1 aromatic carbocycles. The fourth-order valence-electron chi connectivity index (χ4n) is 2.74. The van der Waals surface area contributed by atoms with E-state index in [1.54, 1.807) is 7.11 Å². The predicted molar refractivity (Wildman–Crippen MR) is 77.9 cm³/mol. The van der Waals surface area contributed by atoms with E-state index in [2.05, 4.69) is 23.2 Å². The van der Waals surface area contributed by atoms with Crippen molar-refractivity contribution in [2.45, 2.75) is 31.9 Å². The molecule has 2 atom stereocenters. The molecule has 106 valence electrons. The van der Waals surface area contributed by atoms with Crippen molar-refractivity contribution in [3.63, 3.8) is 0 Å². The first-order valence-corrected chi connectivity index (χ1v) is 6.94. The van der Waals surface area contributed by atoms with Crippen LogP contribution in [0.5, 0.6) is 5.75 Å². The number of anilines is 1. The van der Waals surface area contributed by atoms with Gasteiger partial charge in [0.15, 0.2) is 0 Å². The zero-order valence-corrected chi connectivity index (χ0v) is 12.0. The van der Waals surface area contributed by atoms with E-state index in [9.17, 15) is 5.11 Å². The molecule has 4 nitrogen and oxygen atoms in total. The van der Waals surface area contributed by atoms with Gasteiger partial charge in [-0.15, -0.1) is 0 Å². The van der Waals surface area contributed by atoms with E-state index in [0.29, 0.717) is 6.54 Å². The normalized spacial score (nSPS) is 21.3. The lowest BCUT2D eigenvalue weighted by atomic mass is 10.0. The van der Waals surface area contributed by atoms with E-state index in [0.717, 1.165) is 25.1 Å². The molecule has 1 heterocycles. The molecular formula is C15H24N2O2. The summed E-state index contributed by atoms with van der Waals surface area (Å²) in [6.07, 6.45) is 1.71. The summed E-state index contributed by atoms with van der Waals surface area (Å²) in [4.78, 5) is 2.26. The molecule has 2 unspecified atom stereocenters. The van der Waals surface area contributed by atoms with E-state index in [-0.39, 0.29) is 12.1 Å². The molecule has 4 heteroatoms. The lowest BCUT2D eigenvalue weighted by Crippen LogP contribution is -2.39. The van der Waals surface area contributed by atoms with Crippen LogP contribution in [0.2, 0.25) is 0 Å². The molecule has 1 aliphatic rings. The number of aliphatic hydroxyl groups excluding tert-OH is 1. The molecule has 1 aromatic rings. The van der Waals surface area contributed by atoms with Gasteiger partial charge in [0.1, 0.15) is 5.75 Å². The molecule has 0 radical (unpaired) electrons. The second kappa shape index (κ2) is 6.26. The standard InChI is InChI=1S/C15H24N2O2/c1-11(16-2)15-13(7-4-8-14(15)19-3)17-9-5-6-12(18)10-17/h4,7-8,11-12,16,18H,5-6,9-10H2,1-3H3. The third kappa shape index (κ3) is 3.01. The van der Waals surface area contributed by atoms with Crippen molar-refractivity contribution < 1.29 is 9.84 Å². The average Bonchev–Trinajstić information content (AvgIpc) is 2.45. The van der Waals surface area contributed by atoms with Crippen molar-refractivity contribution in [2.75, 3.05) is 32.1 Å². The Morgan fingerprint density at radius 2 is 2.26 bits per heavy atom. The maximum Gasteiger partial charge on any atom is 0.125 e. The van der Waals surface area contributed by atoms with Crippen LogP contribution in [0.15, 0.2) is 18.2 Å². The minimum absolute atomic E-state index is 0.213. The quantitative estimate of drug-likeness (QED) is 0.872. The highest BCUT2D eigenvalue weighted by atomic mass is 16.5. The van der Waals surface area contributed by atoms with E-state index in [1.165, 1.54) is 11.3 Å². The molecule has 1 fully saturated rings. The smallest absolute Gasteiger partial charge is 0.125 e. The topological polar surface area (TPSA) is 44.7 Å². The lowest BCUT2D eigenvalue weighted by molar-refractivity contribution is 0.154. The third-order valence-electron chi connectivity index (χ3n) is 3.87. The first-order valence-electron chi connectivity index (χ1n) is 6.94. The predicted octanol–water partition coefficient (Wildman–Crippen LogP) is 1.94. The van der Waals surface area contributed by atoms with Crippen LogP contribution >= 0.6 is 0 Å². The molecule has 1 aliphatic heterocycles. The molecule has 0 aromatic heterocycles. The van der Waals surface area contributed by atoms with Crippen LogP contribution in [-0.2, 0) is 0 Å². The molecule has 0 spiro atoms. The molecule has 0 amide bonds. The number of nitrogens with zero attached hydrogens (tertiary/aromatic N) is 1. The summed E-state index contributed by atoms with van der Waals surface area (Å²) < 4.78 is 5.50. The first kappa shape index (κ1) is 14.2. The van der Waals surface area contributed by atoms with Crippen molar-refractivity contribution >= 4 is 5.69 Å². The lowest BCUT2D eigenvalue weighted by Gasteiger charge is -2.34. The van der Waals surface area contributed by atoms with Crippen LogP contribution in [0.1, 0.15) is 31.4 Å². The maximum absolute atomic E-state index is 9.87. The number of benzene rings is 1. The summed E-state index contributed by atoms with van der Waals surface area (Å²) in [5.41, 5.74) is 2.33. The van der Waals surface area contributed by atoms with Gasteiger partial charge in [0.2, 0.25) is 0 Å². The van der Waals surface area contributed by atoms with Gasteiger partial charge in [-0.05, 0) is 38.9 Å². The molecule has 0 aliphatic carbocycles. The molecule has 19 heavy (non-hydrogen) atoms. The van der Waals surface area contributed by atoms with Crippen molar-refractivity contribution in [1.82, 2.24) is 5.32 Å². The number of β-amino-alcohol motifs (C(OH)–C–C–N with tert-alkyl or cyclic N) is 1. The monoisotopic (exact) mass is 264 g/mol. The number of methoxy groups -OCH3 is 1. The average molecular weight is 264 g/mol. The van der Waals surface area contributed by atoms with Crippen LogP contribution in [0.25, 0.3) is 0 Å². The SMILES string of the molecule is CNC(C)c1c(OC)cccc1N1CCCC(O)C1. The fraction of sp³-hybridized carbons (Fsp3) is 0.600. The molecule has 1 saturated heterocycles. The zero-order valence-electron chi connectivity index (χ0n) is 12.0. The Bertz CT molecular complexity index is 423. The number of rotatable bonds is 4. The second-order valence-electron chi connectivity index (χ2n) is 5.15. The molecule has 0 bridgehead atoms. The maximum atomic E-state index is 9.87. The van der Waals surface area contributed by atoms with E-state index >= 15 is 0 Å². The van der Waals surface area contributed by atoms with Gasteiger partial charge in [-0.3, -0.25) is 0 Å². The highest BCUT2D eigenvalue weighted by molar-refractivity contribution is 5.61. The Kier molecular flexibility index (Phi) is 4.66. The number of hydrogen-bond donors (Lipinski definition) is 2. The Morgan fingerprint density at radius 3 is 2.89 bits per heavy atom. The summed E-state index contributed by atoms with van der Waals surface area (Å²) in [7, 11) is 3.65. The highest BCUT2D eigenvalue weighted by Crippen LogP contribution is 2.35. The second-order valence-corrected chi connectivity index (χ2v) is 5.15. The Labute approximate surface area is 115 Å². The molecular weight excluding hydrogens is 240 g/mol. The van der Waals surface area contributed by atoms with E-state index in [4.69, 9.17) is 4.74 Å². The van der Waals surface area contributed by atoms with Crippen LogP contribution in [0, 0.1) is 0 Å². The number of piperidine rings is 1. The number of ether oxygens (including phenoxy) is 1. The zero-order chi connectivity index (χ0) is 13.8. The molecule has 2 N–H and O–H groups in total. The van der Waals surface area contributed by atoms with Crippen molar-refractivity contribution in [2.24, 2.45) is 0 Å². The van der Waals surface area contributed by atoms with Gasteiger partial charge in [-0.1, -0.05) is 6.07 Å².